The largest absolute Gasteiger partial charge is 0.344 e. The van der Waals surface area contributed by atoms with Crippen LogP contribution in [0, 0.1) is 10.7 Å². The molecular weight excluding hydrogens is 208 g/mol. The first-order chi connectivity index (χ1) is 7.09. The van der Waals surface area contributed by atoms with Crippen LogP contribution in [-0.2, 0) is 0 Å². The van der Waals surface area contributed by atoms with Crippen molar-refractivity contribution in [1.82, 2.24) is 14.8 Å². The minimum atomic E-state index is 0.355. The molecule has 1 aromatic rings. The predicted octanol–water partition coefficient (Wildman–Crippen LogP) is 2.37. The van der Waals surface area contributed by atoms with Crippen LogP contribution in [0.15, 0.2) is 0 Å². The fourth-order valence-corrected chi connectivity index (χ4v) is 2.14. The number of aromatic amines is 1. The van der Waals surface area contributed by atoms with E-state index in [2.05, 4.69) is 40.6 Å². The Labute approximate surface area is 95.3 Å². The Morgan fingerprint density at radius 2 is 2.27 bits per heavy atom. The summed E-state index contributed by atoms with van der Waals surface area (Å²) in [5, 5.41) is 7.16. The third-order valence-corrected chi connectivity index (χ3v) is 3.06. The van der Waals surface area contributed by atoms with Crippen molar-refractivity contribution < 1.29 is 0 Å². The number of hydrogen-bond donors (Lipinski definition) is 1. The van der Waals surface area contributed by atoms with E-state index >= 15 is 0 Å². The van der Waals surface area contributed by atoms with E-state index in [1.54, 1.807) is 0 Å². The van der Waals surface area contributed by atoms with Crippen LogP contribution in [0.2, 0.25) is 0 Å². The van der Waals surface area contributed by atoms with Crippen LogP contribution in [0.3, 0.4) is 0 Å². The van der Waals surface area contributed by atoms with Crippen molar-refractivity contribution in [3.8, 4) is 0 Å². The monoisotopic (exact) mass is 226 g/mol. The molecule has 2 rings (SSSR count). The van der Waals surface area contributed by atoms with E-state index < -0.39 is 0 Å². The summed E-state index contributed by atoms with van der Waals surface area (Å²) < 4.78 is 2.78. The van der Waals surface area contributed by atoms with Gasteiger partial charge < -0.3 is 4.90 Å². The highest BCUT2D eigenvalue weighted by Crippen LogP contribution is 2.30. The normalized spacial score (nSPS) is 16.0. The van der Waals surface area contributed by atoms with Crippen LogP contribution in [0.1, 0.15) is 32.7 Å². The van der Waals surface area contributed by atoms with Gasteiger partial charge in [0.15, 0.2) is 4.77 Å². The van der Waals surface area contributed by atoms with Gasteiger partial charge >= 0.3 is 0 Å². The van der Waals surface area contributed by atoms with Gasteiger partial charge in [0.05, 0.1) is 0 Å². The molecule has 0 aliphatic heterocycles. The second-order valence-electron chi connectivity index (χ2n) is 4.62. The third-order valence-electron chi connectivity index (χ3n) is 2.77. The summed E-state index contributed by atoms with van der Waals surface area (Å²) >= 11 is 5.22. The van der Waals surface area contributed by atoms with E-state index in [4.69, 9.17) is 12.2 Å². The van der Waals surface area contributed by atoms with Crippen LogP contribution in [0.25, 0.3) is 0 Å². The summed E-state index contributed by atoms with van der Waals surface area (Å²) in [7, 11) is 2.09. The van der Waals surface area contributed by atoms with E-state index in [1.165, 1.54) is 12.8 Å². The molecule has 0 bridgehead atoms. The van der Waals surface area contributed by atoms with Gasteiger partial charge in [0, 0.05) is 19.6 Å². The maximum atomic E-state index is 5.22. The van der Waals surface area contributed by atoms with Crippen LogP contribution < -0.4 is 4.90 Å². The average Bonchev–Trinajstić information content (AvgIpc) is 2.86. The Bertz CT molecular complexity index is 388. The number of nitrogens with zero attached hydrogens (tertiary/aromatic N) is 3. The minimum absolute atomic E-state index is 0.355. The van der Waals surface area contributed by atoms with Gasteiger partial charge in [-0.2, -0.15) is 0 Å². The molecule has 4 nitrogen and oxygen atoms in total. The lowest BCUT2D eigenvalue weighted by molar-refractivity contribution is 0.580. The third kappa shape index (κ3) is 2.22. The van der Waals surface area contributed by atoms with E-state index in [0.29, 0.717) is 10.8 Å². The molecule has 1 aromatic heterocycles. The van der Waals surface area contributed by atoms with Gasteiger partial charge in [-0.15, -0.1) is 5.10 Å². The molecule has 5 heteroatoms. The van der Waals surface area contributed by atoms with Crippen LogP contribution >= 0.6 is 12.2 Å². The second-order valence-corrected chi connectivity index (χ2v) is 5.00. The Morgan fingerprint density at radius 1 is 1.60 bits per heavy atom. The Hall–Kier alpha value is -0.840. The van der Waals surface area contributed by atoms with Crippen molar-refractivity contribution in [3.05, 3.63) is 4.77 Å². The average molecular weight is 226 g/mol. The molecule has 0 atom stereocenters. The number of aromatic nitrogens is 3. The van der Waals surface area contributed by atoms with E-state index in [-0.39, 0.29) is 0 Å². The quantitative estimate of drug-likeness (QED) is 0.801. The molecule has 1 aliphatic carbocycles. The van der Waals surface area contributed by atoms with Crippen molar-refractivity contribution >= 4 is 18.2 Å². The molecule has 15 heavy (non-hydrogen) atoms. The maximum absolute atomic E-state index is 5.22. The van der Waals surface area contributed by atoms with Crippen molar-refractivity contribution in [2.75, 3.05) is 18.5 Å². The van der Waals surface area contributed by atoms with Crippen LogP contribution in [0.5, 0.6) is 0 Å². The van der Waals surface area contributed by atoms with Crippen molar-refractivity contribution in [2.24, 2.45) is 5.92 Å². The van der Waals surface area contributed by atoms with Gasteiger partial charge in [-0.1, -0.05) is 0 Å². The first-order valence-electron chi connectivity index (χ1n) is 5.47. The predicted molar refractivity (Wildman–Crippen MR) is 63.8 cm³/mol. The number of rotatable bonds is 4. The minimum Gasteiger partial charge on any atom is -0.344 e. The fourth-order valence-electron chi connectivity index (χ4n) is 1.80. The van der Waals surface area contributed by atoms with Gasteiger partial charge in [-0.25, -0.2) is 5.10 Å². The highest BCUT2D eigenvalue weighted by atomic mass is 32.1. The molecule has 0 saturated heterocycles. The molecule has 0 aromatic carbocycles. The molecular formula is C10H18N4S. The summed E-state index contributed by atoms with van der Waals surface area (Å²) in [6.45, 7) is 5.34. The number of anilines is 1. The zero-order valence-electron chi connectivity index (χ0n) is 9.53. The number of nitrogens with one attached hydrogen (secondary N) is 1. The smallest absolute Gasteiger partial charge is 0.225 e. The fraction of sp³-hybridized carbons (Fsp3) is 0.800. The van der Waals surface area contributed by atoms with Gasteiger partial charge in [-0.3, -0.25) is 4.57 Å². The molecule has 0 amide bonds. The lowest BCUT2D eigenvalue weighted by Crippen LogP contribution is -2.24. The Kier molecular flexibility index (Phi) is 2.82. The van der Waals surface area contributed by atoms with Gasteiger partial charge in [0.25, 0.3) is 0 Å². The zero-order valence-corrected chi connectivity index (χ0v) is 10.3. The Morgan fingerprint density at radius 3 is 2.80 bits per heavy atom. The van der Waals surface area contributed by atoms with Gasteiger partial charge in [0.1, 0.15) is 0 Å². The van der Waals surface area contributed by atoms with Crippen molar-refractivity contribution in [1.29, 1.82) is 0 Å². The molecule has 1 N–H and O–H groups in total. The van der Waals surface area contributed by atoms with Crippen LogP contribution in [0.4, 0.5) is 5.95 Å². The topological polar surface area (TPSA) is 36.9 Å². The van der Waals surface area contributed by atoms with E-state index in [1.807, 2.05) is 0 Å². The van der Waals surface area contributed by atoms with Crippen molar-refractivity contribution in [2.45, 2.75) is 32.7 Å². The summed E-state index contributed by atoms with van der Waals surface area (Å²) in [4.78, 5) is 2.20. The molecule has 1 heterocycles. The number of hydrogen-bond acceptors (Lipinski definition) is 3. The lowest BCUT2D eigenvalue weighted by Gasteiger charge is -2.20. The Balaban J connectivity index is 2.21. The summed E-state index contributed by atoms with van der Waals surface area (Å²) in [5.41, 5.74) is 0. The van der Waals surface area contributed by atoms with E-state index in [0.717, 1.165) is 18.4 Å². The second kappa shape index (κ2) is 3.96. The van der Waals surface area contributed by atoms with Crippen molar-refractivity contribution in [3.63, 3.8) is 0 Å². The molecule has 1 saturated carbocycles. The maximum Gasteiger partial charge on any atom is 0.225 e. The van der Waals surface area contributed by atoms with Gasteiger partial charge in [-0.05, 0) is 44.8 Å². The summed E-state index contributed by atoms with van der Waals surface area (Å²) in [5.74, 6) is 1.82. The molecule has 84 valence electrons. The molecule has 1 aliphatic rings. The highest BCUT2D eigenvalue weighted by Gasteiger charge is 2.25. The zero-order chi connectivity index (χ0) is 11.0. The highest BCUT2D eigenvalue weighted by molar-refractivity contribution is 7.71. The number of H-pyrrole nitrogens is 1. The van der Waals surface area contributed by atoms with Gasteiger partial charge in [0.2, 0.25) is 5.95 Å². The SMILES string of the molecule is CC(C)n1c(N(C)CC2CC2)n[nH]c1=S. The molecule has 0 unspecified atom stereocenters. The summed E-state index contributed by atoms with van der Waals surface area (Å²) in [6, 6.07) is 0.355. The van der Waals surface area contributed by atoms with E-state index in [9.17, 15) is 0 Å². The van der Waals surface area contributed by atoms with Crippen LogP contribution in [-0.4, -0.2) is 28.4 Å². The standard InChI is InChI=1S/C10H18N4S/c1-7(2)14-9(11-12-10(14)15)13(3)6-8-4-5-8/h7-8H,4-6H2,1-3H3,(H,12,15). The first kappa shape index (κ1) is 10.7. The first-order valence-corrected chi connectivity index (χ1v) is 5.88. The molecule has 0 spiro atoms. The summed E-state index contributed by atoms with van der Waals surface area (Å²) in [6.07, 6.45) is 2.72. The molecule has 1 fully saturated rings. The molecule has 0 radical (unpaired) electrons. The lowest BCUT2D eigenvalue weighted by atomic mass is 10.4.